The number of hydroxylamine groups is 1. The van der Waals surface area contributed by atoms with Crippen LogP contribution in [-0.4, -0.2) is 27.9 Å². The van der Waals surface area contributed by atoms with Gasteiger partial charge in [-0.3, -0.25) is 4.68 Å². The average Bonchev–Trinajstić information content (AvgIpc) is 2.91. The molecule has 0 radical (unpaired) electrons. The molecule has 1 aliphatic rings. The molecule has 0 atom stereocenters. The standard InChI is InChI=1S/C19H24IN4O2/c1-5-6-17-16-7-13(10-24(25)18(16)22-23(17)4)15-8-14(20)9-21-19(15)26-11-12(2)3/h7-9,12H,5-6,10-11H2,1-4H3/q-1. The minimum Gasteiger partial charge on any atom is -0.757 e. The zero-order valence-electron chi connectivity index (χ0n) is 15.6. The largest absolute Gasteiger partial charge is 0.757 e. The lowest BCUT2D eigenvalue weighted by atomic mass is 9.99. The predicted molar refractivity (Wildman–Crippen MR) is 113 cm³/mol. The van der Waals surface area contributed by atoms with E-state index in [9.17, 15) is 5.21 Å². The van der Waals surface area contributed by atoms with Gasteiger partial charge in [0.15, 0.2) is 0 Å². The Morgan fingerprint density at radius 3 is 2.85 bits per heavy atom. The van der Waals surface area contributed by atoms with E-state index in [0.717, 1.165) is 43.9 Å². The number of aryl methyl sites for hydroxylation is 1. The summed E-state index contributed by atoms with van der Waals surface area (Å²) in [6.45, 7) is 7.17. The number of anilines is 1. The van der Waals surface area contributed by atoms with Gasteiger partial charge in [-0.05, 0) is 52.6 Å². The third kappa shape index (κ3) is 3.88. The smallest absolute Gasteiger partial charge is 0.221 e. The zero-order chi connectivity index (χ0) is 18.8. The predicted octanol–water partition coefficient (Wildman–Crippen LogP) is 4.27. The monoisotopic (exact) mass is 467 g/mol. The van der Waals surface area contributed by atoms with Crippen LogP contribution in [0.15, 0.2) is 12.3 Å². The number of hydrogen-bond donors (Lipinski definition) is 0. The summed E-state index contributed by atoms with van der Waals surface area (Å²) in [6, 6.07) is 2.03. The van der Waals surface area contributed by atoms with Gasteiger partial charge in [0.2, 0.25) is 5.88 Å². The minimum absolute atomic E-state index is 0.245. The summed E-state index contributed by atoms with van der Waals surface area (Å²) in [4.78, 5) is 4.46. The topological polar surface area (TPSA) is 66.2 Å². The summed E-state index contributed by atoms with van der Waals surface area (Å²) in [6.07, 6.45) is 5.76. The van der Waals surface area contributed by atoms with Crippen LogP contribution in [0.1, 0.15) is 44.0 Å². The number of hydrogen-bond acceptors (Lipinski definition) is 5. The zero-order valence-corrected chi connectivity index (χ0v) is 17.8. The molecule has 140 valence electrons. The minimum atomic E-state index is 0.245. The normalized spacial score (nSPS) is 13.8. The lowest BCUT2D eigenvalue weighted by Gasteiger charge is -2.33. The van der Waals surface area contributed by atoms with E-state index in [1.54, 1.807) is 6.20 Å². The Balaban J connectivity index is 2.06. The van der Waals surface area contributed by atoms with E-state index < -0.39 is 0 Å². The van der Waals surface area contributed by atoms with Crippen molar-refractivity contribution in [1.29, 1.82) is 0 Å². The molecule has 2 aromatic rings. The van der Waals surface area contributed by atoms with Gasteiger partial charge in [-0.1, -0.05) is 27.2 Å². The molecule has 2 aromatic heterocycles. The molecule has 3 rings (SSSR count). The van der Waals surface area contributed by atoms with E-state index in [2.05, 4.69) is 59.5 Å². The van der Waals surface area contributed by atoms with Crippen LogP contribution >= 0.6 is 22.6 Å². The molecular formula is C19H24IN4O2-. The van der Waals surface area contributed by atoms with Crippen molar-refractivity contribution in [2.75, 3.05) is 18.2 Å². The maximum Gasteiger partial charge on any atom is 0.221 e. The summed E-state index contributed by atoms with van der Waals surface area (Å²) in [5, 5.41) is 18.0. The van der Waals surface area contributed by atoms with Crippen molar-refractivity contribution in [3.8, 4) is 5.88 Å². The first-order valence-electron chi connectivity index (χ1n) is 8.90. The maximum atomic E-state index is 12.6. The first-order chi connectivity index (χ1) is 12.4. The molecule has 0 spiro atoms. The molecule has 0 N–H and O–H groups in total. The Hall–Kier alpha value is -1.61. The second-order valence-electron chi connectivity index (χ2n) is 6.97. The molecule has 0 bridgehead atoms. The van der Waals surface area contributed by atoms with Crippen molar-refractivity contribution in [2.24, 2.45) is 13.0 Å². The summed E-state index contributed by atoms with van der Waals surface area (Å²) < 4.78 is 8.75. The van der Waals surface area contributed by atoms with Gasteiger partial charge in [0.25, 0.3) is 0 Å². The maximum absolute atomic E-state index is 12.6. The van der Waals surface area contributed by atoms with Gasteiger partial charge < -0.3 is 15.0 Å². The molecule has 1 aliphatic heterocycles. The summed E-state index contributed by atoms with van der Waals surface area (Å²) in [5.74, 6) is 1.49. The lowest BCUT2D eigenvalue weighted by Crippen LogP contribution is -2.22. The lowest BCUT2D eigenvalue weighted by molar-refractivity contribution is 0.260. The van der Waals surface area contributed by atoms with Crippen LogP contribution in [0.5, 0.6) is 5.88 Å². The number of rotatable bonds is 6. The van der Waals surface area contributed by atoms with Crippen molar-refractivity contribution in [3.63, 3.8) is 0 Å². The van der Waals surface area contributed by atoms with E-state index in [0.29, 0.717) is 24.2 Å². The fraction of sp³-hybridized carbons (Fsp3) is 0.474. The fourth-order valence-electron chi connectivity index (χ4n) is 3.05. The van der Waals surface area contributed by atoms with E-state index >= 15 is 0 Å². The molecule has 0 saturated carbocycles. The summed E-state index contributed by atoms with van der Waals surface area (Å²) >= 11 is 2.24. The molecule has 7 heteroatoms. The van der Waals surface area contributed by atoms with Crippen molar-refractivity contribution >= 4 is 40.1 Å². The summed E-state index contributed by atoms with van der Waals surface area (Å²) in [7, 11) is 1.90. The third-order valence-corrected chi connectivity index (χ3v) is 4.85. The molecule has 0 amide bonds. The van der Waals surface area contributed by atoms with Gasteiger partial charge in [0, 0.05) is 40.2 Å². The van der Waals surface area contributed by atoms with Gasteiger partial charge in [-0.15, -0.1) is 0 Å². The highest BCUT2D eigenvalue weighted by Gasteiger charge is 2.23. The quantitative estimate of drug-likeness (QED) is 0.594. The molecular weight excluding hydrogens is 443 g/mol. The first-order valence-corrected chi connectivity index (χ1v) is 9.98. The van der Waals surface area contributed by atoms with Crippen LogP contribution in [0.3, 0.4) is 0 Å². The van der Waals surface area contributed by atoms with Crippen LogP contribution in [0.2, 0.25) is 0 Å². The van der Waals surface area contributed by atoms with E-state index in [-0.39, 0.29) is 6.54 Å². The van der Waals surface area contributed by atoms with Gasteiger partial charge in [-0.25, -0.2) is 4.98 Å². The van der Waals surface area contributed by atoms with Gasteiger partial charge in [0.05, 0.1) is 6.61 Å². The van der Waals surface area contributed by atoms with E-state index in [4.69, 9.17) is 4.74 Å². The Bertz CT molecular complexity index is 829. The average molecular weight is 467 g/mol. The van der Waals surface area contributed by atoms with Crippen molar-refractivity contribution in [1.82, 2.24) is 14.8 Å². The van der Waals surface area contributed by atoms with Crippen LogP contribution < -0.4 is 9.80 Å². The van der Waals surface area contributed by atoms with E-state index in [1.165, 1.54) is 0 Å². The highest BCUT2D eigenvalue weighted by Crippen LogP contribution is 2.36. The Morgan fingerprint density at radius 1 is 1.38 bits per heavy atom. The molecule has 0 aromatic carbocycles. The SMILES string of the molecule is CCCc1c2c(nn1C)N([O-])CC(c1cc(I)cnc1OCC(C)C)=C2. The molecule has 0 saturated heterocycles. The third-order valence-electron chi connectivity index (χ3n) is 4.26. The molecule has 3 heterocycles. The molecule has 6 nitrogen and oxygen atoms in total. The van der Waals surface area contributed by atoms with Crippen LogP contribution in [0.4, 0.5) is 5.82 Å². The number of halogens is 1. The molecule has 0 unspecified atom stereocenters. The molecule has 0 aliphatic carbocycles. The van der Waals surface area contributed by atoms with Crippen LogP contribution in [0, 0.1) is 14.7 Å². The fourth-order valence-corrected chi connectivity index (χ4v) is 3.51. The van der Waals surface area contributed by atoms with Gasteiger partial charge in [-0.2, -0.15) is 5.10 Å². The van der Waals surface area contributed by atoms with Crippen LogP contribution in [0.25, 0.3) is 11.6 Å². The number of fused-ring (bicyclic) bond motifs is 1. The first kappa shape index (κ1) is 19.2. The Kier molecular flexibility index (Phi) is 5.86. The van der Waals surface area contributed by atoms with Crippen molar-refractivity contribution < 1.29 is 4.74 Å². The highest BCUT2D eigenvalue weighted by atomic mass is 127. The molecule has 0 fully saturated rings. The van der Waals surface area contributed by atoms with Crippen LogP contribution in [-0.2, 0) is 13.5 Å². The summed E-state index contributed by atoms with van der Waals surface area (Å²) in [5.41, 5.74) is 3.81. The highest BCUT2D eigenvalue weighted by molar-refractivity contribution is 14.1. The van der Waals surface area contributed by atoms with E-state index in [1.807, 2.05) is 17.8 Å². The van der Waals surface area contributed by atoms with Gasteiger partial charge >= 0.3 is 0 Å². The number of aromatic nitrogens is 3. The number of ether oxygens (including phenoxy) is 1. The van der Waals surface area contributed by atoms with Crippen molar-refractivity contribution in [2.45, 2.75) is 33.6 Å². The second-order valence-corrected chi connectivity index (χ2v) is 8.22. The molecule has 26 heavy (non-hydrogen) atoms. The Morgan fingerprint density at radius 2 is 2.15 bits per heavy atom. The number of pyridine rings is 1. The Labute approximate surface area is 168 Å². The number of nitrogens with zero attached hydrogens (tertiary/aromatic N) is 4. The van der Waals surface area contributed by atoms with Crippen molar-refractivity contribution in [3.05, 3.63) is 37.9 Å². The van der Waals surface area contributed by atoms with Gasteiger partial charge in [0.1, 0.15) is 5.82 Å². The second kappa shape index (κ2) is 7.96.